The van der Waals surface area contributed by atoms with E-state index in [9.17, 15) is 9.18 Å². The van der Waals surface area contributed by atoms with Gasteiger partial charge in [-0.25, -0.2) is 4.39 Å². The maximum Gasteiger partial charge on any atom is 0.260 e. The molecule has 1 aromatic carbocycles. The topological polar surface area (TPSA) is 43.2 Å². The summed E-state index contributed by atoms with van der Waals surface area (Å²) in [6, 6.07) is 4.17. The number of nitrogens with one attached hydrogen (secondary N) is 1. The van der Waals surface area contributed by atoms with Gasteiger partial charge in [0.05, 0.1) is 30.7 Å². The Morgan fingerprint density at radius 2 is 2.21 bits per heavy atom. The quantitative estimate of drug-likeness (QED) is 0.795. The molecule has 2 aliphatic rings. The summed E-state index contributed by atoms with van der Waals surface area (Å²) in [5, 5.41) is 0. The van der Waals surface area contributed by atoms with Gasteiger partial charge in [0.2, 0.25) is 0 Å². The summed E-state index contributed by atoms with van der Waals surface area (Å²) in [5.74, 6) is 0.112. The minimum atomic E-state index is -0.342. The maximum atomic E-state index is 13.0. The summed E-state index contributed by atoms with van der Waals surface area (Å²) in [7, 11) is 0. The van der Waals surface area contributed by atoms with Crippen molar-refractivity contribution in [1.29, 1.82) is 0 Å². The molecular formula is C17H23BrFN2O3+. The molecule has 1 amide bonds. The number of carbonyl (C=O) groups is 1. The first kappa shape index (κ1) is 17.6. The summed E-state index contributed by atoms with van der Waals surface area (Å²) >= 11 is 3.24. The highest BCUT2D eigenvalue weighted by Gasteiger charge is 2.27. The fourth-order valence-electron chi connectivity index (χ4n) is 3.23. The third-order valence-electron chi connectivity index (χ3n) is 4.61. The Morgan fingerprint density at radius 1 is 1.42 bits per heavy atom. The van der Waals surface area contributed by atoms with Crippen LogP contribution in [0.1, 0.15) is 12.8 Å². The number of hydrogen-bond acceptors (Lipinski definition) is 3. The molecule has 2 heterocycles. The van der Waals surface area contributed by atoms with Crippen molar-refractivity contribution < 1.29 is 23.6 Å². The number of carbonyl (C=O) groups excluding carboxylic acids is 1. The Kier molecular flexibility index (Phi) is 6.08. The van der Waals surface area contributed by atoms with Gasteiger partial charge in [0.1, 0.15) is 24.2 Å². The summed E-state index contributed by atoms with van der Waals surface area (Å²) in [4.78, 5) is 15.6. The molecule has 1 aromatic rings. The van der Waals surface area contributed by atoms with Crippen molar-refractivity contribution in [2.45, 2.75) is 18.9 Å². The van der Waals surface area contributed by atoms with E-state index in [0.29, 0.717) is 16.3 Å². The molecule has 0 unspecified atom stereocenters. The van der Waals surface area contributed by atoms with Crippen LogP contribution in [-0.4, -0.2) is 62.8 Å². The van der Waals surface area contributed by atoms with E-state index in [1.54, 1.807) is 0 Å². The average molecular weight is 402 g/mol. The van der Waals surface area contributed by atoms with E-state index in [2.05, 4.69) is 15.9 Å². The molecular weight excluding hydrogens is 379 g/mol. The van der Waals surface area contributed by atoms with Crippen LogP contribution < -0.4 is 9.64 Å². The normalized spacial score (nSPS) is 21.9. The third kappa shape index (κ3) is 4.68. The van der Waals surface area contributed by atoms with Crippen molar-refractivity contribution in [2.24, 2.45) is 0 Å². The molecule has 132 valence electrons. The monoisotopic (exact) mass is 401 g/mol. The van der Waals surface area contributed by atoms with Crippen molar-refractivity contribution in [3.63, 3.8) is 0 Å². The zero-order valence-corrected chi connectivity index (χ0v) is 15.2. The van der Waals surface area contributed by atoms with Crippen LogP contribution in [0, 0.1) is 5.82 Å². The van der Waals surface area contributed by atoms with E-state index in [4.69, 9.17) is 9.47 Å². The van der Waals surface area contributed by atoms with Gasteiger partial charge in [0.25, 0.3) is 5.91 Å². The summed E-state index contributed by atoms with van der Waals surface area (Å²) in [5.41, 5.74) is 0. The smallest absolute Gasteiger partial charge is 0.260 e. The largest absolute Gasteiger partial charge is 0.483 e. The number of quaternary nitrogens is 1. The fraction of sp³-hybridized carbons (Fsp3) is 0.588. The Balaban J connectivity index is 1.41. The zero-order valence-electron chi connectivity index (χ0n) is 13.6. The number of nitrogens with zero attached hydrogens (tertiary/aromatic N) is 1. The molecule has 7 heteroatoms. The summed E-state index contributed by atoms with van der Waals surface area (Å²) in [6.45, 7) is 5.30. The van der Waals surface area contributed by atoms with Gasteiger partial charge in [0.15, 0.2) is 6.61 Å². The fourth-order valence-corrected chi connectivity index (χ4v) is 3.69. The lowest BCUT2D eigenvalue weighted by Crippen LogP contribution is -3.15. The van der Waals surface area contributed by atoms with Crippen LogP contribution in [-0.2, 0) is 9.53 Å². The van der Waals surface area contributed by atoms with Crippen LogP contribution in [0.3, 0.4) is 0 Å². The van der Waals surface area contributed by atoms with E-state index in [1.165, 1.54) is 29.5 Å². The summed E-state index contributed by atoms with van der Waals surface area (Å²) < 4.78 is 24.8. The number of ether oxygens (including phenoxy) is 2. The van der Waals surface area contributed by atoms with E-state index in [-0.39, 0.29) is 18.3 Å². The Labute approximate surface area is 149 Å². The molecule has 0 saturated carbocycles. The minimum absolute atomic E-state index is 0.0225. The SMILES string of the molecule is O=C(COc1ccc(F)cc1Br)N1CC[NH+](C[C@@H]2CCCO2)CC1. The highest BCUT2D eigenvalue weighted by Crippen LogP contribution is 2.25. The Morgan fingerprint density at radius 3 is 2.88 bits per heavy atom. The molecule has 2 aliphatic heterocycles. The number of hydrogen-bond donors (Lipinski definition) is 1. The molecule has 24 heavy (non-hydrogen) atoms. The molecule has 3 rings (SSSR count). The third-order valence-corrected chi connectivity index (χ3v) is 5.23. The Bertz CT molecular complexity index is 573. The first-order chi connectivity index (χ1) is 11.6. The number of rotatable bonds is 5. The summed E-state index contributed by atoms with van der Waals surface area (Å²) in [6.07, 6.45) is 2.71. The van der Waals surface area contributed by atoms with Gasteiger partial charge < -0.3 is 19.3 Å². The van der Waals surface area contributed by atoms with Crippen molar-refractivity contribution in [3.05, 3.63) is 28.5 Å². The van der Waals surface area contributed by atoms with Crippen LogP contribution in [0.4, 0.5) is 4.39 Å². The van der Waals surface area contributed by atoms with E-state index < -0.39 is 0 Å². The Hall–Kier alpha value is -1.18. The molecule has 2 saturated heterocycles. The lowest BCUT2D eigenvalue weighted by atomic mass is 10.2. The molecule has 0 spiro atoms. The van der Waals surface area contributed by atoms with Crippen LogP contribution in [0.5, 0.6) is 5.75 Å². The molecule has 0 aliphatic carbocycles. The molecule has 5 nitrogen and oxygen atoms in total. The van der Waals surface area contributed by atoms with E-state index >= 15 is 0 Å². The first-order valence-electron chi connectivity index (χ1n) is 8.42. The molecule has 1 atom stereocenters. The average Bonchev–Trinajstić information content (AvgIpc) is 3.07. The lowest BCUT2D eigenvalue weighted by molar-refractivity contribution is -0.906. The van der Waals surface area contributed by atoms with Crippen molar-refractivity contribution in [1.82, 2.24) is 4.90 Å². The lowest BCUT2D eigenvalue weighted by Gasteiger charge is -2.33. The molecule has 0 aromatic heterocycles. The highest BCUT2D eigenvalue weighted by molar-refractivity contribution is 9.10. The number of amides is 1. The van der Waals surface area contributed by atoms with Gasteiger partial charge in [-0.3, -0.25) is 4.79 Å². The van der Waals surface area contributed by atoms with Crippen molar-refractivity contribution in [2.75, 3.05) is 45.9 Å². The van der Waals surface area contributed by atoms with Crippen LogP contribution >= 0.6 is 15.9 Å². The molecule has 0 bridgehead atoms. The van der Waals surface area contributed by atoms with Gasteiger partial charge in [-0.2, -0.15) is 0 Å². The van der Waals surface area contributed by atoms with Gasteiger partial charge in [-0.1, -0.05) is 0 Å². The standard InChI is InChI=1S/C17H22BrFN2O3/c18-15-10-13(19)3-4-16(15)24-12-17(22)21-7-5-20(6-8-21)11-14-2-1-9-23-14/h3-4,10,14H,1-2,5-9,11-12H2/p+1/t14-/m0/s1. The van der Waals surface area contributed by atoms with Crippen LogP contribution in [0.25, 0.3) is 0 Å². The van der Waals surface area contributed by atoms with Crippen LogP contribution in [0.2, 0.25) is 0 Å². The van der Waals surface area contributed by atoms with Gasteiger partial charge in [0, 0.05) is 6.61 Å². The molecule has 0 radical (unpaired) electrons. The van der Waals surface area contributed by atoms with Crippen molar-refractivity contribution >= 4 is 21.8 Å². The van der Waals surface area contributed by atoms with Gasteiger partial charge in [-0.05, 0) is 47.0 Å². The molecule has 2 fully saturated rings. The zero-order chi connectivity index (χ0) is 16.9. The second kappa shape index (κ2) is 8.27. The maximum absolute atomic E-state index is 13.0. The van der Waals surface area contributed by atoms with Crippen LogP contribution in [0.15, 0.2) is 22.7 Å². The number of halogens is 2. The van der Waals surface area contributed by atoms with Gasteiger partial charge >= 0.3 is 0 Å². The number of piperazine rings is 1. The predicted octanol–water partition coefficient (Wildman–Crippen LogP) is 0.873. The second-order valence-electron chi connectivity index (χ2n) is 6.33. The van der Waals surface area contributed by atoms with E-state index in [0.717, 1.165) is 45.8 Å². The highest BCUT2D eigenvalue weighted by atomic mass is 79.9. The second-order valence-corrected chi connectivity index (χ2v) is 7.19. The predicted molar refractivity (Wildman–Crippen MR) is 90.7 cm³/mol. The van der Waals surface area contributed by atoms with E-state index in [1.807, 2.05) is 4.90 Å². The molecule has 1 N–H and O–H groups in total. The van der Waals surface area contributed by atoms with Gasteiger partial charge in [-0.15, -0.1) is 0 Å². The number of benzene rings is 1. The van der Waals surface area contributed by atoms with Crippen molar-refractivity contribution in [3.8, 4) is 5.75 Å². The minimum Gasteiger partial charge on any atom is -0.483 e. The first-order valence-corrected chi connectivity index (χ1v) is 9.22.